The molecule has 1 saturated carbocycles. The quantitative estimate of drug-likeness (QED) is 0.546. The lowest BCUT2D eigenvalue weighted by Crippen LogP contribution is -2.58. The van der Waals surface area contributed by atoms with Crippen LogP contribution in [0, 0.1) is 17.3 Å². The summed E-state index contributed by atoms with van der Waals surface area (Å²) in [5, 5.41) is 32.1. The highest BCUT2D eigenvalue weighted by Gasteiger charge is 2.59. The van der Waals surface area contributed by atoms with Gasteiger partial charge in [-0.25, -0.2) is 0 Å². The predicted octanol–water partition coefficient (Wildman–Crippen LogP) is 6.05. The minimum absolute atomic E-state index is 0.259. The Morgan fingerprint density at radius 3 is 2.55 bits per heavy atom. The fraction of sp³-hybridized carbons (Fsp3) is 0.481. The Morgan fingerprint density at radius 1 is 1.03 bits per heavy atom. The van der Waals surface area contributed by atoms with Gasteiger partial charge in [0.25, 0.3) is 0 Å². The molecule has 0 heterocycles. The number of allylic oxidation sites excluding steroid dienone is 1. The van der Waals surface area contributed by atoms with E-state index in [0.29, 0.717) is 35.0 Å². The molecule has 31 heavy (non-hydrogen) atoms. The largest absolute Gasteiger partial charge is 0.508 e. The van der Waals surface area contributed by atoms with E-state index in [2.05, 4.69) is 19.1 Å². The molecule has 3 aliphatic carbocycles. The molecular formula is C27H31ClO3. The number of hydrogen-bond donors (Lipinski definition) is 3. The topological polar surface area (TPSA) is 60.7 Å². The summed E-state index contributed by atoms with van der Waals surface area (Å²) in [6.07, 6.45) is 8.37. The summed E-state index contributed by atoms with van der Waals surface area (Å²) in [5.41, 5.74) is 2.49. The normalized spacial score (nSPS) is 34.3. The van der Waals surface area contributed by atoms with E-state index in [1.54, 1.807) is 12.1 Å². The maximum atomic E-state index is 12.0. The molecule has 2 aromatic carbocycles. The standard InChI is InChI=1S/C27H31ClO3/c1-26-14-13-22-21-9-7-20(30)16-18(21)4-8-23(22)24(26)10-11-25(28)27(26,31)15-12-17-2-5-19(29)6-3-17/h2-3,5-7,9,11,16,22-24,29-31H,4,8,10,12-15H2,1H3/t22-,23-,24+,26+,27+/m1/s1. The van der Waals surface area contributed by atoms with Crippen molar-refractivity contribution in [2.45, 2.75) is 63.4 Å². The number of halogens is 1. The average molecular weight is 439 g/mol. The number of hydrogen-bond acceptors (Lipinski definition) is 3. The van der Waals surface area contributed by atoms with Crippen molar-refractivity contribution in [1.29, 1.82) is 0 Å². The lowest BCUT2D eigenvalue weighted by atomic mass is 9.47. The van der Waals surface area contributed by atoms with E-state index >= 15 is 0 Å². The SMILES string of the molecule is C[C@]12CC[C@@H]3c4ccc(O)cc4CC[C@H]3[C@@H]1CC=C(Cl)[C@@]2(O)CCc1ccc(O)cc1. The fourth-order valence-electron chi connectivity index (χ4n) is 6.90. The van der Waals surface area contributed by atoms with Crippen LogP contribution in [-0.4, -0.2) is 20.9 Å². The van der Waals surface area contributed by atoms with Crippen molar-refractivity contribution < 1.29 is 15.3 Å². The van der Waals surface area contributed by atoms with E-state index in [9.17, 15) is 15.3 Å². The van der Waals surface area contributed by atoms with Crippen LogP contribution in [0.25, 0.3) is 0 Å². The van der Waals surface area contributed by atoms with E-state index in [-0.39, 0.29) is 11.2 Å². The van der Waals surface area contributed by atoms with Crippen LogP contribution < -0.4 is 0 Å². The molecule has 164 valence electrons. The van der Waals surface area contributed by atoms with Crippen LogP contribution >= 0.6 is 11.6 Å². The smallest absolute Gasteiger partial charge is 0.115 e. The summed E-state index contributed by atoms with van der Waals surface area (Å²) in [6.45, 7) is 2.26. The number of rotatable bonds is 3. The highest BCUT2D eigenvalue weighted by atomic mass is 35.5. The van der Waals surface area contributed by atoms with Gasteiger partial charge >= 0.3 is 0 Å². The van der Waals surface area contributed by atoms with Gasteiger partial charge in [-0.05, 0) is 104 Å². The first-order chi connectivity index (χ1) is 14.8. The molecule has 0 aromatic heterocycles. The van der Waals surface area contributed by atoms with Crippen LogP contribution in [0.5, 0.6) is 11.5 Å². The number of phenols is 2. The monoisotopic (exact) mass is 438 g/mol. The third kappa shape index (κ3) is 3.29. The zero-order chi connectivity index (χ0) is 21.8. The third-order valence-corrected chi connectivity index (χ3v) is 9.17. The van der Waals surface area contributed by atoms with Gasteiger partial charge in [-0.1, -0.05) is 42.8 Å². The molecule has 0 bridgehead atoms. The first-order valence-electron chi connectivity index (χ1n) is 11.5. The van der Waals surface area contributed by atoms with Crippen molar-refractivity contribution in [1.82, 2.24) is 0 Å². The van der Waals surface area contributed by atoms with Crippen LogP contribution in [0.1, 0.15) is 61.6 Å². The van der Waals surface area contributed by atoms with Crippen LogP contribution in [0.3, 0.4) is 0 Å². The molecule has 3 aliphatic rings. The van der Waals surface area contributed by atoms with Crippen LogP contribution in [0.15, 0.2) is 53.6 Å². The van der Waals surface area contributed by atoms with Gasteiger partial charge in [0.1, 0.15) is 17.1 Å². The lowest BCUT2D eigenvalue weighted by Gasteiger charge is -2.60. The second-order valence-electron chi connectivity index (χ2n) is 10.1. The fourth-order valence-corrected chi connectivity index (χ4v) is 7.30. The minimum Gasteiger partial charge on any atom is -0.508 e. The van der Waals surface area contributed by atoms with Crippen molar-refractivity contribution in [3.63, 3.8) is 0 Å². The van der Waals surface area contributed by atoms with E-state index in [1.807, 2.05) is 24.3 Å². The minimum atomic E-state index is -1.03. The Labute approximate surface area is 189 Å². The molecule has 5 atom stereocenters. The Morgan fingerprint density at radius 2 is 1.77 bits per heavy atom. The Balaban J connectivity index is 1.44. The molecule has 0 spiro atoms. The first kappa shape index (κ1) is 20.9. The molecule has 2 aromatic rings. The maximum Gasteiger partial charge on any atom is 0.115 e. The first-order valence-corrected chi connectivity index (χ1v) is 11.9. The number of aromatic hydroxyl groups is 2. The summed E-state index contributed by atoms with van der Waals surface area (Å²) in [4.78, 5) is 0. The number of benzene rings is 2. The van der Waals surface area contributed by atoms with Crippen LogP contribution in [0.4, 0.5) is 0 Å². The van der Waals surface area contributed by atoms with Gasteiger partial charge in [0.15, 0.2) is 0 Å². The van der Waals surface area contributed by atoms with E-state index in [4.69, 9.17) is 11.6 Å². The van der Waals surface area contributed by atoms with E-state index in [0.717, 1.165) is 44.1 Å². The number of aryl methyl sites for hydroxylation is 2. The molecule has 0 amide bonds. The van der Waals surface area contributed by atoms with Crippen molar-refractivity contribution in [3.8, 4) is 11.5 Å². The van der Waals surface area contributed by atoms with Crippen molar-refractivity contribution in [3.05, 3.63) is 70.3 Å². The van der Waals surface area contributed by atoms with Gasteiger partial charge in [0.2, 0.25) is 0 Å². The van der Waals surface area contributed by atoms with Crippen molar-refractivity contribution >= 4 is 11.6 Å². The highest BCUT2D eigenvalue weighted by Crippen LogP contribution is 2.63. The van der Waals surface area contributed by atoms with Gasteiger partial charge in [0.05, 0.1) is 0 Å². The predicted molar refractivity (Wildman–Crippen MR) is 123 cm³/mol. The van der Waals surface area contributed by atoms with Crippen molar-refractivity contribution in [2.75, 3.05) is 0 Å². The number of fused-ring (bicyclic) bond motifs is 5. The van der Waals surface area contributed by atoms with E-state index < -0.39 is 5.60 Å². The zero-order valence-corrected chi connectivity index (χ0v) is 18.8. The van der Waals surface area contributed by atoms with Crippen LogP contribution in [0.2, 0.25) is 0 Å². The molecule has 0 aliphatic heterocycles. The summed E-state index contributed by atoms with van der Waals surface area (Å²) < 4.78 is 0. The number of phenolic OH excluding ortho intramolecular Hbond substituents is 2. The lowest BCUT2D eigenvalue weighted by molar-refractivity contribution is -0.128. The summed E-state index contributed by atoms with van der Waals surface area (Å²) in [5.74, 6) is 2.02. The zero-order valence-electron chi connectivity index (χ0n) is 18.0. The third-order valence-electron chi connectivity index (χ3n) is 8.70. The molecular weight excluding hydrogens is 408 g/mol. The molecule has 3 N–H and O–H groups in total. The molecule has 1 fully saturated rings. The van der Waals surface area contributed by atoms with Crippen LogP contribution in [-0.2, 0) is 12.8 Å². The average Bonchev–Trinajstić information content (AvgIpc) is 2.76. The van der Waals surface area contributed by atoms with Gasteiger partial charge in [0, 0.05) is 10.4 Å². The maximum absolute atomic E-state index is 12.0. The number of aliphatic hydroxyl groups is 1. The molecule has 0 unspecified atom stereocenters. The van der Waals surface area contributed by atoms with Gasteiger partial charge < -0.3 is 15.3 Å². The van der Waals surface area contributed by atoms with Gasteiger partial charge in [-0.3, -0.25) is 0 Å². The summed E-state index contributed by atoms with van der Waals surface area (Å²) >= 11 is 6.74. The molecule has 5 rings (SSSR count). The summed E-state index contributed by atoms with van der Waals surface area (Å²) in [6, 6.07) is 13.1. The van der Waals surface area contributed by atoms with Crippen molar-refractivity contribution in [2.24, 2.45) is 17.3 Å². The van der Waals surface area contributed by atoms with Gasteiger partial charge in [-0.2, -0.15) is 0 Å². The molecule has 4 heteroatoms. The molecule has 3 nitrogen and oxygen atoms in total. The highest BCUT2D eigenvalue weighted by molar-refractivity contribution is 6.30. The molecule has 0 saturated heterocycles. The van der Waals surface area contributed by atoms with E-state index in [1.165, 1.54) is 11.1 Å². The second kappa shape index (κ2) is 7.56. The molecule has 0 radical (unpaired) electrons. The Bertz CT molecular complexity index is 1010. The Kier molecular flexibility index (Phi) is 5.10. The van der Waals surface area contributed by atoms with Gasteiger partial charge in [-0.15, -0.1) is 0 Å². The second-order valence-corrected chi connectivity index (χ2v) is 10.5. The Hall–Kier alpha value is -1.97. The summed E-state index contributed by atoms with van der Waals surface area (Å²) in [7, 11) is 0.